The molecule has 0 aliphatic carbocycles. The number of aromatic nitrogens is 2. The summed E-state index contributed by atoms with van der Waals surface area (Å²) in [6, 6.07) is 8.03. The summed E-state index contributed by atoms with van der Waals surface area (Å²) >= 11 is 0. The van der Waals surface area contributed by atoms with Crippen molar-refractivity contribution in [2.24, 2.45) is 0 Å². The smallest absolute Gasteiger partial charge is 0.256 e. The SMILES string of the molecule is Cc1cccc(-c2ncc(C(=O)NCCN3CCOCC3)c(N(C)C)n2)c1. The molecule has 0 bridgehead atoms. The van der Waals surface area contributed by atoms with Gasteiger partial charge in [0.05, 0.1) is 13.2 Å². The van der Waals surface area contributed by atoms with Crippen LogP contribution in [-0.2, 0) is 4.74 Å². The van der Waals surface area contributed by atoms with Crippen LogP contribution in [0.2, 0.25) is 0 Å². The topological polar surface area (TPSA) is 70.6 Å². The lowest BCUT2D eigenvalue weighted by atomic mass is 10.1. The van der Waals surface area contributed by atoms with Crippen molar-refractivity contribution in [2.75, 3.05) is 58.4 Å². The molecule has 1 amide bonds. The van der Waals surface area contributed by atoms with Crippen LogP contribution in [0.4, 0.5) is 5.82 Å². The van der Waals surface area contributed by atoms with Crippen molar-refractivity contribution in [3.05, 3.63) is 41.6 Å². The van der Waals surface area contributed by atoms with Crippen LogP contribution in [0.25, 0.3) is 11.4 Å². The van der Waals surface area contributed by atoms with Gasteiger partial charge in [0.15, 0.2) is 5.82 Å². The Bertz CT molecular complexity index is 788. The van der Waals surface area contributed by atoms with Crippen molar-refractivity contribution in [3.8, 4) is 11.4 Å². The highest BCUT2D eigenvalue weighted by atomic mass is 16.5. The molecular formula is C20H27N5O2. The van der Waals surface area contributed by atoms with Gasteiger partial charge in [0, 0.05) is 52.0 Å². The zero-order chi connectivity index (χ0) is 19.2. The van der Waals surface area contributed by atoms with E-state index < -0.39 is 0 Å². The molecule has 0 atom stereocenters. The predicted octanol–water partition coefficient (Wildman–Crippen LogP) is 1.58. The Balaban J connectivity index is 1.71. The second-order valence-electron chi connectivity index (χ2n) is 6.90. The second-order valence-corrected chi connectivity index (χ2v) is 6.90. The number of ether oxygens (including phenoxy) is 1. The van der Waals surface area contributed by atoms with Gasteiger partial charge in [-0.1, -0.05) is 23.8 Å². The molecule has 27 heavy (non-hydrogen) atoms. The fourth-order valence-electron chi connectivity index (χ4n) is 3.04. The van der Waals surface area contributed by atoms with E-state index in [4.69, 9.17) is 4.74 Å². The minimum atomic E-state index is -0.150. The molecule has 1 aliphatic rings. The molecular weight excluding hydrogens is 342 g/mol. The Morgan fingerprint density at radius 1 is 1.30 bits per heavy atom. The number of rotatable bonds is 6. The Hall–Kier alpha value is -2.51. The van der Waals surface area contributed by atoms with E-state index in [1.165, 1.54) is 0 Å². The summed E-state index contributed by atoms with van der Waals surface area (Å²) in [6.45, 7) is 6.77. The van der Waals surface area contributed by atoms with Crippen molar-refractivity contribution in [1.82, 2.24) is 20.2 Å². The van der Waals surface area contributed by atoms with Gasteiger partial charge < -0.3 is 15.0 Å². The zero-order valence-corrected chi connectivity index (χ0v) is 16.2. The predicted molar refractivity (Wildman–Crippen MR) is 106 cm³/mol. The van der Waals surface area contributed by atoms with E-state index in [0.717, 1.165) is 44.0 Å². The Morgan fingerprint density at radius 2 is 2.07 bits per heavy atom. The molecule has 7 nitrogen and oxygen atoms in total. The maximum absolute atomic E-state index is 12.7. The largest absolute Gasteiger partial charge is 0.379 e. The molecule has 0 unspecified atom stereocenters. The molecule has 3 rings (SSSR count). The van der Waals surface area contributed by atoms with Crippen LogP contribution in [-0.4, -0.2) is 74.3 Å². The fourth-order valence-corrected chi connectivity index (χ4v) is 3.04. The van der Waals surface area contributed by atoms with Crippen LogP contribution >= 0.6 is 0 Å². The first-order valence-electron chi connectivity index (χ1n) is 9.24. The lowest BCUT2D eigenvalue weighted by Crippen LogP contribution is -2.41. The first-order valence-corrected chi connectivity index (χ1v) is 9.24. The lowest BCUT2D eigenvalue weighted by Gasteiger charge is -2.26. The van der Waals surface area contributed by atoms with E-state index in [0.29, 0.717) is 23.8 Å². The van der Waals surface area contributed by atoms with Crippen molar-refractivity contribution < 1.29 is 9.53 Å². The van der Waals surface area contributed by atoms with Crippen molar-refractivity contribution in [2.45, 2.75) is 6.92 Å². The first-order chi connectivity index (χ1) is 13.0. The summed E-state index contributed by atoms with van der Waals surface area (Å²) in [5, 5.41) is 2.98. The summed E-state index contributed by atoms with van der Waals surface area (Å²) in [7, 11) is 3.76. The van der Waals surface area contributed by atoms with E-state index in [-0.39, 0.29) is 5.91 Å². The molecule has 144 valence electrons. The number of carbonyl (C=O) groups excluding carboxylic acids is 1. The number of anilines is 1. The molecule has 1 fully saturated rings. The number of aryl methyl sites for hydroxylation is 1. The van der Waals surface area contributed by atoms with Crippen LogP contribution in [0.15, 0.2) is 30.5 Å². The number of nitrogens with one attached hydrogen (secondary N) is 1. The average Bonchev–Trinajstić information content (AvgIpc) is 2.68. The van der Waals surface area contributed by atoms with E-state index >= 15 is 0 Å². The van der Waals surface area contributed by atoms with Gasteiger partial charge in [-0.15, -0.1) is 0 Å². The monoisotopic (exact) mass is 369 g/mol. The van der Waals surface area contributed by atoms with Crippen molar-refractivity contribution in [1.29, 1.82) is 0 Å². The maximum atomic E-state index is 12.7. The van der Waals surface area contributed by atoms with E-state index in [1.807, 2.05) is 50.2 Å². The van der Waals surface area contributed by atoms with Gasteiger partial charge in [0.2, 0.25) is 0 Å². The number of morpholine rings is 1. The molecule has 1 aromatic carbocycles. The molecule has 1 saturated heterocycles. The quantitative estimate of drug-likeness (QED) is 0.834. The third-order valence-corrected chi connectivity index (χ3v) is 4.53. The van der Waals surface area contributed by atoms with Gasteiger partial charge in [0.25, 0.3) is 5.91 Å². The standard InChI is InChI=1S/C20H27N5O2/c1-15-5-4-6-16(13-15)18-22-14-17(19(23-18)24(2)3)20(26)21-7-8-25-9-11-27-12-10-25/h4-6,13-14H,7-12H2,1-3H3,(H,21,26). The van der Waals surface area contributed by atoms with E-state index in [2.05, 4.69) is 20.2 Å². The number of carbonyl (C=O) groups is 1. The molecule has 2 heterocycles. The van der Waals surface area contributed by atoms with Gasteiger partial charge in [0.1, 0.15) is 11.4 Å². The van der Waals surface area contributed by atoms with Gasteiger partial charge in [-0.2, -0.15) is 0 Å². The molecule has 0 spiro atoms. The van der Waals surface area contributed by atoms with Crippen LogP contribution < -0.4 is 10.2 Å². The number of hydrogen-bond donors (Lipinski definition) is 1. The number of hydrogen-bond acceptors (Lipinski definition) is 6. The summed E-state index contributed by atoms with van der Waals surface area (Å²) in [6.07, 6.45) is 1.62. The van der Waals surface area contributed by atoms with Crippen LogP contribution in [0.1, 0.15) is 15.9 Å². The highest BCUT2D eigenvalue weighted by molar-refractivity contribution is 5.98. The normalized spacial score (nSPS) is 14.8. The molecule has 2 aromatic rings. The Morgan fingerprint density at radius 3 is 2.78 bits per heavy atom. The third kappa shape index (κ3) is 5.02. The van der Waals surface area contributed by atoms with Crippen LogP contribution in [0.3, 0.4) is 0 Å². The van der Waals surface area contributed by atoms with Gasteiger partial charge in [-0.25, -0.2) is 9.97 Å². The molecule has 1 aliphatic heterocycles. The highest BCUT2D eigenvalue weighted by Gasteiger charge is 2.17. The fraction of sp³-hybridized carbons (Fsp3) is 0.450. The molecule has 7 heteroatoms. The third-order valence-electron chi connectivity index (χ3n) is 4.53. The molecule has 1 N–H and O–H groups in total. The van der Waals surface area contributed by atoms with Crippen molar-refractivity contribution >= 4 is 11.7 Å². The van der Waals surface area contributed by atoms with Crippen LogP contribution in [0, 0.1) is 6.92 Å². The Labute approximate surface area is 160 Å². The minimum absolute atomic E-state index is 0.150. The number of amides is 1. The molecule has 0 radical (unpaired) electrons. The summed E-state index contributed by atoms with van der Waals surface area (Å²) in [4.78, 5) is 25.8. The second kappa shape index (κ2) is 8.92. The highest BCUT2D eigenvalue weighted by Crippen LogP contribution is 2.21. The lowest BCUT2D eigenvalue weighted by molar-refractivity contribution is 0.0383. The summed E-state index contributed by atoms with van der Waals surface area (Å²) < 4.78 is 5.34. The minimum Gasteiger partial charge on any atom is -0.379 e. The van der Waals surface area contributed by atoms with E-state index in [9.17, 15) is 4.79 Å². The number of benzene rings is 1. The first kappa shape index (κ1) is 19.3. The molecule has 1 aromatic heterocycles. The van der Waals surface area contributed by atoms with Gasteiger partial charge >= 0.3 is 0 Å². The molecule has 0 saturated carbocycles. The maximum Gasteiger partial charge on any atom is 0.256 e. The average molecular weight is 369 g/mol. The summed E-state index contributed by atoms with van der Waals surface area (Å²) in [5.74, 6) is 1.08. The van der Waals surface area contributed by atoms with E-state index in [1.54, 1.807) is 6.20 Å². The summed E-state index contributed by atoms with van der Waals surface area (Å²) in [5.41, 5.74) is 2.57. The number of nitrogens with zero attached hydrogens (tertiary/aromatic N) is 4. The van der Waals surface area contributed by atoms with Crippen LogP contribution in [0.5, 0.6) is 0 Å². The zero-order valence-electron chi connectivity index (χ0n) is 16.2. The van der Waals surface area contributed by atoms with Gasteiger partial charge in [-0.05, 0) is 13.0 Å². The van der Waals surface area contributed by atoms with Crippen molar-refractivity contribution in [3.63, 3.8) is 0 Å². The Kier molecular flexibility index (Phi) is 6.36. The van der Waals surface area contributed by atoms with Gasteiger partial charge in [-0.3, -0.25) is 9.69 Å².